The highest BCUT2D eigenvalue weighted by atomic mass is 32.2. The van der Waals surface area contributed by atoms with Gasteiger partial charge in [0.15, 0.2) is 0 Å². The minimum absolute atomic E-state index is 0.398. The number of halogens is 5. The predicted octanol–water partition coefficient (Wildman–Crippen LogP) is 3.51. The molecule has 1 aliphatic rings. The highest BCUT2D eigenvalue weighted by Gasteiger charge is 2.48. The maximum atomic E-state index is 13.8. The number of carbonyl (C=O) groups excluding carboxylic acids is 1. The second-order valence-electron chi connectivity index (χ2n) is 7.69. The molecule has 1 aromatic rings. The van der Waals surface area contributed by atoms with E-state index >= 15 is 0 Å². The van der Waals surface area contributed by atoms with Gasteiger partial charge in [-0.15, -0.1) is 13.2 Å². The fraction of sp³-hybridized carbons (Fsp3) is 0.588. The van der Waals surface area contributed by atoms with Crippen molar-refractivity contribution in [2.24, 2.45) is 0 Å². The number of rotatable bonds is 5. The number of nitrogens with zero attached hydrogens (tertiary/aromatic N) is 1. The van der Waals surface area contributed by atoms with Gasteiger partial charge in [0.05, 0.1) is 17.5 Å². The second kappa shape index (κ2) is 8.17. The fourth-order valence-electron chi connectivity index (χ4n) is 2.72. The number of likely N-dealkylation sites (tertiary alicyclic amines) is 1. The van der Waals surface area contributed by atoms with E-state index in [0.29, 0.717) is 0 Å². The van der Waals surface area contributed by atoms with Gasteiger partial charge in [-0.1, -0.05) is 0 Å². The molecular formula is C17H21F5N2O5S. The van der Waals surface area contributed by atoms with E-state index in [1.165, 1.54) is 0 Å². The molecule has 13 heteroatoms. The molecule has 30 heavy (non-hydrogen) atoms. The van der Waals surface area contributed by atoms with E-state index in [1.54, 1.807) is 20.8 Å². The number of hydrogen-bond acceptors (Lipinski definition) is 5. The van der Waals surface area contributed by atoms with Crippen LogP contribution in [-0.4, -0.2) is 56.4 Å². The SMILES string of the molecule is CC(C)(C)OC(=O)N1CC(F)(F)C[C@H]1CNS(=O)(=O)c1ccc(OC(F)(F)F)cc1. The molecule has 1 atom stereocenters. The molecule has 7 nitrogen and oxygen atoms in total. The minimum atomic E-state index is -4.93. The van der Waals surface area contributed by atoms with Gasteiger partial charge in [-0.25, -0.2) is 26.7 Å². The Kier molecular flexibility index (Phi) is 6.57. The number of hydrogen-bond donors (Lipinski definition) is 1. The number of carbonyl (C=O) groups is 1. The molecule has 1 saturated heterocycles. The van der Waals surface area contributed by atoms with Gasteiger partial charge in [-0.2, -0.15) is 0 Å². The summed E-state index contributed by atoms with van der Waals surface area (Å²) < 4.78 is 99.7. The van der Waals surface area contributed by atoms with E-state index in [2.05, 4.69) is 9.46 Å². The van der Waals surface area contributed by atoms with Crippen LogP contribution in [-0.2, 0) is 14.8 Å². The predicted molar refractivity (Wildman–Crippen MR) is 94.6 cm³/mol. The van der Waals surface area contributed by atoms with Crippen LogP contribution < -0.4 is 9.46 Å². The maximum absolute atomic E-state index is 13.8. The third-order valence-electron chi connectivity index (χ3n) is 3.88. The summed E-state index contributed by atoms with van der Waals surface area (Å²) in [6.07, 6.45) is -6.71. The third-order valence-corrected chi connectivity index (χ3v) is 5.32. The van der Waals surface area contributed by atoms with E-state index in [9.17, 15) is 35.2 Å². The maximum Gasteiger partial charge on any atom is 0.573 e. The first kappa shape index (κ1) is 24.1. The van der Waals surface area contributed by atoms with Crippen molar-refractivity contribution in [3.63, 3.8) is 0 Å². The quantitative estimate of drug-likeness (QED) is 0.680. The van der Waals surface area contributed by atoms with Crippen molar-refractivity contribution in [1.82, 2.24) is 9.62 Å². The largest absolute Gasteiger partial charge is 0.573 e. The molecule has 0 saturated carbocycles. The molecule has 0 aliphatic carbocycles. The lowest BCUT2D eigenvalue weighted by Gasteiger charge is -2.28. The molecule has 1 N–H and O–H groups in total. The van der Waals surface area contributed by atoms with Gasteiger partial charge in [0.1, 0.15) is 11.4 Å². The minimum Gasteiger partial charge on any atom is -0.444 e. The summed E-state index contributed by atoms with van der Waals surface area (Å²) in [4.78, 5) is 12.6. The van der Waals surface area contributed by atoms with Gasteiger partial charge in [-0.3, -0.25) is 4.90 Å². The summed E-state index contributed by atoms with van der Waals surface area (Å²) in [5, 5.41) is 0. The van der Waals surface area contributed by atoms with Crippen molar-refractivity contribution in [1.29, 1.82) is 0 Å². The van der Waals surface area contributed by atoms with Crippen LogP contribution >= 0.6 is 0 Å². The normalized spacial score (nSPS) is 19.6. The second-order valence-corrected chi connectivity index (χ2v) is 9.46. The van der Waals surface area contributed by atoms with Gasteiger partial charge >= 0.3 is 12.5 Å². The van der Waals surface area contributed by atoms with E-state index in [-0.39, 0.29) is 0 Å². The van der Waals surface area contributed by atoms with Crippen LogP contribution in [0.5, 0.6) is 5.75 Å². The van der Waals surface area contributed by atoms with E-state index in [1.807, 2.05) is 0 Å². The summed E-state index contributed by atoms with van der Waals surface area (Å²) in [6, 6.07) is 2.19. The zero-order chi connectivity index (χ0) is 23.0. The van der Waals surface area contributed by atoms with Crippen molar-refractivity contribution < 1.29 is 44.6 Å². The fourth-order valence-corrected chi connectivity index (χ4v) is 3.80. The molecule has 2 rings (SSSR count). The lowest BCUT2D eigenvalue weighted by atomic mass is 10.2. The molecule has 170 valence electrons. The molecule has 0 spiro atoms. The Labute approximate surface area is 170 Å². The van der Waals surface area contributed by atoms with Crippen LogP contribution in [0, 0.1) is 0 Å². The van der Waals surface area contributed by atoms with Gasteiger partial charge in [-0.05, 0) is 45.0 Å². The number of benzene rings is 1. The Bertz CT molecular complexity index is 866. The first-order valence-electron chi connectivity index (χ1n) is 8.70. The lowest BCUT2D eigenvalue weighted by molar-refractivity contribution is -0.274. The summed E-state index contributed by atoms with van der Waals surface area (Å²) in [7, 11) is -4.24. The average Bonchev–Trinajstić information content (AvgIpc) is 2.86. The first-order chi connectivity index (χ1) is 13.5. The number of amides is 1. The first-order valence-corrected chi connectivity index (χ1v) is 10.2. The Morgan fingerprint density at radius 2 is 1.77 bits per heavy atom. The van der Waals surface area contributed by atoms with Crippen molar-refractivity contribution in [2.45, 2.75) is 56.0 Å². The lowest BCUT2D eigenvalue weighted by Crippen LogP contribution is -2.45. The molecular weight excluding hydrogens is 439 g/mol. The van der Waals surface area contributed by atoms with Crippen molar-refractivity contribution in [3.8, 4) is 5.75 Å². The zero-order valence-electron chi connectivity index (χ0n) is 16.3. The van der Waals surface area contributed by atoms with Crippen molar-refractivity contribution >= 4 is 16.1 Å². The molecule has 1 amide bonds. The summed E-state index contributed by atoms with van der Waals surface area (Å²) in [5.41, 5.74) is -0.931. The highest BCUT2D eigenvalue weighted by Crippen LogP contribution is 2.33. The molecule has 1 heterocycles. The number of nitrogens with one attached hydrogen (secondary N) is 1. The monoisotopic (exact) mass is 460 g/mol. The topological polar surface area (TPSA) is 84.9 Å². The molecule has 0 aromatic heterocycles. The summed E-state index contributed by atoms with van der Waals surface area (Å²) >= 11 is 0. The van der Waals surface area contributed by atoms with Crippen LogP contribution in [0.25, 0.3) is 0 Å². The van der Waals surface area contributed by atoms with Gasteiger partial charge < -0.3 is 9.47 Å². The molecule has 0 unspecified atom stereocenters. The smallest absolute Gasteiger partial charge is 0.444 e. The van der Waals surface area contributed by atoms with E-state index < -0.39 is 70.2 Å². The van der Waals surface area contributed by atoms with Crippen LogP contribution in [0.4, 0.5) is 26.7 Å². The van der Waals surface area contributed by atoms with Gasteiger partial charge in [0.2, 0.25) is 10.0 Å². The third kappa shape index (κ3) is 6.97. The van der Waals surface area contributed by atoms with Gasteiger partial charge in [0.25, 0.3) is 5.92 Å². The van der Waals surface area contributed by atoms with Crippen molar-refractivity contribution in [2.75, 3.05) is 13.1 Å². The molecule has 1 aromatic carbocycles. The molecule has 0 bridgehead atoms. The zero-order valence-corrected chi connectivity index (χ0v) is 17.1. The Balaban J connectivity index is 2.08. The summed E-state index contributed by atoms with van der Waals surface area (Å²) in [6.45, 7) is 3.23. The van der Waals surface area contributed by atoms with Crippen LogP contribution in [0.2, 0.25) is 0 Å². The average molecular weight is 460 g/mol. The Hall–Kier alpha value is -2.15. The van der Waals surface area contributed by atoms with E-state index in [4.69, 9.17) is 4.74 Å². The molecule has 1 fully saturated rings. The Morgan fingerprint density at radius 3 is 2.27 bits per heavy atom. The van der Waals surface area contributed by atoms with Gasteiger partial charge in [0, 0.05) is 13.0 Å². The molecule has 1 aliphatic heterocycles. The summed E-state index contributed by atoms with van der Waals surface area (Å²) in [5.74, 6) is -3.84. The number of sulfonamides is 1. The van der Waals surface area contributed by atoms with Crippen molar-refractivity contribution in [3.05, 3.63) is 24.3 Å². The van der Waals surface area contributed by atoms with Crippen LogP contribution in [0.3, 0.4) is 0 Å². The van der Waals surface area contributed by atoms with E-state index in [0.717, 1.165) is 29.2 Å². The molecule has 0 radical (unpaired) electrons. The number of ether oxygens (including phenoxy) is 2. The Morgan fingerprint density at radius 1 is 1.20 bits per heavy atom. The van der Waals surface area contributed by atoms with Crippen LogP contribution in [0.15, 0.2) is 29.2 Å². The van der Waals surface area contributed by atoms with Crippen LogP contribution in [0.1, 0.15) is 27.2 Å². The number of alkyl halides is 5. The standard InChI is InChI=1S/C17H21F5N2O5S/c1-15(2,3)29-14(25)24-10-16(18,19)8-11(24)9-23-30(26,27)13-6-4-12(5-7-13)28-17(20,21)22/h4-7,11,23H,8-10H2,1-3H3/t11-/m0/s1. The highest BCUT2D eigenvalue weighted by molar-refractivity contribution is 7.89.